The molecule has 1 fully saturated rings. The molecule has 5 heteroatoms. The van der Waals surface area contributed by atoms with E-state index in [9.17, 15) is 0 Å². The third kappa shape index (κ3) is 3.20. The Morgan fingerprint density at radius 1 is 1.20 bits per heavy atom. The standard InChI is InChI=1S/C15H16ClN3O/c16-14-9-15(18-11-17-14)19-8-4-7-13(10-19)20-12-5-2-1-3-6-12/h1-3,5-6,9,11,13H,4,7-8,10H2/t13-/m1/s1. The summed E-state index contributed by atoms with van der Waals surface area (Å²) in [4.78, 5) is 10.4. The number of halogens is 1. The van der Waals surface area contributed by atoms with Crippen LogP contribution in [0.2, 0.25) is 5.15 Å². The van der Waals surface area contributed by atoms with Gasteiger partial charge in [0.05, 0.1) is 6.54 Å². The molecule has 2 aromatic rings. The van der Waals surface area contributed by atoms with Gasteiger partial charge >= 0.3 is 0 Å². The lowest BCUT2D eigenvalue weighted by atomic mass is 10.1. The minimum atomic E-state index is 0.180. The molecule has 0 spiro atoms. The Hall–Kier alpha value is -1.81. The van der Waals surface area contributed by atoms with Crippen molar-refractivity contribution < 1.29 is 4.74 Å². The van der Waals surface area contributed by atoms with Gasteiger partial charge in [-0.1, -0.05) is 29.8 Å². The molecule has 1 aromatic heterocycles. The maximum Gasteiger partial charge on any atom is 0.134 e. The molecule has 2 heterocycles. The zero-order valence-corrected chi connectivity index (χ0v) is 11.8. The summed E-state index contributed by atoms with van der Waals surface area (Å²) < 4.78 is 6.02. The van der Waals surface area contributed by atoms with Crippen LogP contribution < -0.4 is 9.64 Å². The van der Waals surface area contributed by atoms with E-state index in [0.29, 0.717) is 5.15 Å². The third-order valence-corrected chi connectivity index (χ3v) is 3.57. The lowest BCUT2D eigenvalue weighted by Crippen LogP contribution is -2.41. The first-order chi connectivity index (χ1) is 9.81. The Morgan fingerprint density at radius 2 is 2.05 bits per heavy atom. The first-order valence-electron chi connectivity index (χ1n) is 6.75. The number of rotatable bonds is 3. The molecule has 1 atom stereocenters. The van der Waals surface area contributed by atoms with Crippen molar-refractivity contribution in [3.8, 4) is 5.75 Å². The van der Waals surface area contributed by atoms with Crippen LogP contribution in [0.25, 0.3) is 0 Å². The molecule has 0 aliphatic carbocycles. The second-order valence-corrected chi connectivity index (χ2v) is 5.23. The van der Waals surface area contributed by atoms with Gasteiger partial charge in [-0.05, 0) is 25.0 Å². The van der Waals surface area contributed by atoms with Crippen molar-refractivity contribution in [3.63, 3.8) is 0 Å². The highest BCUT2D eigenvalue weighted by atomic mass is 35.5. The SMILES string of the molecule is Clc1cc(N2CCC[C@@H](Oc3ccccc3)C2)ncn1. The van der Waals surface area contributed by atoms with Crippen LogP contribution in [0, 0.1) is 0 Å². The van der Waals surface area contributed by atoms with Crippen molar-refractivity contribution in [2.75, 3.05) is 18.0 Å². The molecule has 1 aromatic carbocycles. The lowest BCUT2D eigenvalue weighted by molar-refractivity contribution is 0.179. The van der Waals surface area contributed by atoms with E-state index in [-0.39, 0.29) is 6.10 Å². The van der Waals surface area contributed by atoms with E-state index in [1.165, 1.54) is 6.33 Å². The van der Waals surface area contributed by atoms with Crippen molar-refractivity contribution in [1.82, 2.24) is 9.97 Å². The predicted octanol–water partition coefficient (Wildman–Crippen LogP) is 3.18. The van der Waals surface area contributed by atoms with E-state index in [2.05, 4.69) is 14.9 Å². The molecule has 0 saturated carbocycles. The maximum absolute atomic E-state index is 6.02. The van der Waals surface area contributed by atoms with Gasteiger partial charge in [-0.15, -0.1) is 0 Å². The van der Waals surface area contributed by atoms with Gasteiger partial charge in [-0.3, -0.25) is 0 Å². The van der Waals surface area contributed by atoms with E-state index in [1.807, 2.05) is 30.3 Å². The predicted molar refractivity (Wildman–Crippen MR) is 79.3 cm³/mol. The molecule has 0 amide bonds. The number of nitrogens with zero attached hydrogens (tertiary/aromatic N) is 3. The van der Waals surface area contributed by atoms with Crippen LogP contribution in [0.1, 0.15) is 12.8 Å². The van der Waals surface area contributed by atoms with Gasteiger partial charge in [-0.2, -0.15) is 0 Å². The fraction of sp³-hybridized carbons (Fsp3) is 0.333. The van der Waals surface area contributed by atoms with E-state index in [0.717, 1.165) is 37.5 Å². The number of aromatic nitrogens is 2. The zero-order valence-electron chi connectivity index (χ0n) is 11.1. The first kappa shape index (κ1) is 13.2. The van der Waals surface area contributed by atoms with Gasteiger partial charge in [0.2, 0.25) is 0 Å². The van der Waals surface area contributed by atoms with Crippen LogP contribution in [-0.4, -0.2) is 29.2 Å². The molecular weight excluding hydrogens is 274 g/mol. The highest BCUT2D eigenvalue weighted by Gasteiger charge is 2.22. The Labute approximate surface area is 123 Å². The summed E-state index contributed by atoms with van der Waals surface area (Å²) >= 11 is 5.92. The highest BCUT2D eigenvalue weighted by Crippen LogP contribution is 2.22. The van der Waals surface area contributed by atoms with Crippen molar-refractivity contribution in [1.29, 1.82) is 0 Å². The molecule has 104 valence electrons. The number of para-hydroxylation sites is 1. The highest BCUT2D eigenvalue weighted by molar-refractivity contribution is 6.29. The molecule has 0 N–H and O–H groups in total. The number of ether oxygens (including phenoxy) is 1. The second kappa shape index (κ2) is 6.09. The van der Waals surface area contributed by atoms with Gasteiger partial charge in [0.1, 0.15) is 29.2 Å². The van der Waals surface area contributed by atoms with E-state index in [4.69, 9.17) is 16.3 Å². The van der Waals surface area contributed by atoms with E-state index < -0.39 is 0 Å². The number of hydrogen-bond donors (Lipinski definition) is 0. The number of benzene rings is 1. The molecule has 0 unspecified atom stereocenters. The van der Waals surface area contributed by atoms with Crippen LogP contribution in [0.3, 0.4) is 0 Å². The van der Waals surface area contributed by atoms with E-state index >= 15 is 0 Å². The normalized spacial score (nSPS) is 18.9. The molecule has 1 aliphatic heterocycles. The topological polar surface area (TPSA) is 38.2 Å². The monoisotopic (exact) mass is 289 g/mol. The van der Waals surface area contributed by atoms with Gasteiger partial charge < -0.3 is 9.64 Å². The molecule has 0 bridgehead atoms. The van der Waals surface area contributed by atoms with Crippen molar-refractivity contribution in [2.45, 2.75) is 18.9 Å². The maximum atomic E-state index is 6.02. The largest absolute Gasteiger partial charge is 0.489 e. The van der Waals surface area contributed by atoms with E-state index in [1.54, 1.807) is 6.07 Å². The Bertz CT molecular complexity index is 564. The van der Waals surface area contributed by atoms with Crippen LogP contribution in [0.5, 0.6) is 5.75 Å². The zero-order chi connectivity index (χ0) is 13.8. The Kier molecular flexibility index (Phi) is 4.02. The average Bonchev–Trinajstić information content (AvgIpc) is 2.49. The summed E-state index contributed by atoms with van der Waals surface area (Å²) in [5.41, 5.74) is 0. The Balaban J connectivity index is 1.67. The summed E-state index contributed by atoms with van der Waals surface area (Å²) in [5.74, 6) is 1.78. The average molecular weight is 290 g/mol. The van der Waals surface area contributed by atoms with Crippen LogP contribution in [0.15, 0.2) is 42.7 Å². The van der Waals surface area contributed by atoms with Gasteiger partial charge in [-0.25, -0.2) is 9.97 Å². The van der Waals surface area contributed by atoms with Crippen molar-refractivity contribution in [3.05, 3.63) is 47.9 Å². The summed E-state index contributed by atoms with van der Waals surface area (Å²) in [5, 5.41) is 0.473. The van der Waals surface area contributed by atoms with Gasteiger partial charge in [0.25, 0.3) is 0 Å². The van der Waals surface area contributed by atoms with Crippen LogP contribution >= 0.6 is 11.6 Å². The lowest BCUT2D eigenvalue weighted by Gasteiger charge is -2.33. The fourth-order valence-electron chi connectivity index (χ4n) is 2.43. The number of hydrogen-bond acceptors (Lipinski definition) is 4. The number of anilines is 1. The summed E-state index contributed by atoms with van der Waals surface area (Å²) in [6.45, 7) is 1.80. The summed E-state index contributed by atoms with van der Waals surface area (Å²) in [6, 6.07) is 11.7. The van der Waals surface area contributed by atoms with Gasteiger partial charge in [0.15, 0.2) is 0 Å². The number of piperidine rings is 1. The minimum absolute atomic E-state index is 0.180. The van der Waals surface area contributed by atoms with Crippen molar-refractivity contribution >= 4 is 17.4 Å². The quantitative estimate of drug-likeness (QED) is 0.814. The van der Waals surface area contributed by atoms with Crippen LogP contribution in [-0.2, 0) is 0 Å². The molecule has 0 radical (unpaired) electrons. The molecule has 4 nitrogen and oxygen atoms in total. The molecule has 1 aliphatic rings. The third-order valence-electron chi connectivity index (χ3n) is 3.37. The summed E-state index contributed by atoms with van der Waals surface area (Å²) in [6.07, 6.45) is 3.82. The first-order valence-corrected chi connectivity index (χ1v) is 7.13. The fourth-order valence-corrected chi connectivity index (χ4v) is 2.57. The van der Waals surface area contributed by atoms with Crippen LogP contribution in [0.4, 0.5) is 5.82 Å². The summed E-state index contributed by atoms with van der Waals surface area (Å²) in [7, 11) is 0. The van der Waals surface area contributed by atoms with Gasteiger partial charge in [0, 0.05) is 12.6 Å². The molecule has 20 heavy (non-hydrogen) atoms. The minimum Gasteiger partial charge on any atom is -0.489 e. The van der Waals surface area contributed by atoms with Crippen molar-refractivity contribution in [2.24, 2.45) is 0 Å². The smallest absolute Gasteiger partial charge is 0.134 e. The molecule has 3 rings (SSSR count). The Morgan fingerprint density at radius 3 is 2.85 bits per heavy atom. The second-order valence-electron chi connectivity index (χ2n) is 4.84. The molecule has 1 saturated heterocycles. The molecular formula is C15H16ClN3O.